The average molecular weight is 328 g/mol. The minimum absolute atomic E-state index is 0.229. The molecule has 0 spiro atoms. The van der Waals surface area contributed by atoms with Crippen molar-refractivity contribution in [3.63, 3.8) is 0 Å². The number of ether oxygens (including phenoxy) is 1. The third-order valence-corrected chi connectivity index (χ3v) is 7.49. The van der Waals surface area contributed by atoms with Gasteiger partial charge in [0.25, 0.3) is 0 Å². The van der Waals surface area contributed by atoms with Gasteiger partial charge in [-0.15, -0.1) is 11.8 Å². The Hall–Kier alpha value is -0.690. The Bertz CT molecular complexity index is 530. The molecular formula is C14H20N2O3S2. The lowest BCUT2D eigenvalue weighted by atomic mass is 10.1. The van der Waals surface area contributed by atoms with Gasteiger partial charge >= 0.3 is 5.97 Å². The highest BCUT2D eigenvalue weighted by Crippen LogP contribution is 2.49. The van der Waals surface area contributed by atoms with E-state index in [1.807, 2.05) is 30.4 Å². The maximum atomic E-state index is 12.0. The molecule has 0 amide bonds. The van der Waals surface area contributed by atoms with Crippen molar-refractivity contribution < 1.29 is 14.1 Å². The maximum absolute atomic E-state index is 12.0. The predicted octanol–water partition coefficient (Wildman–Crippen LogP) is 2.96. The average Bonchev–Trinajstić information content (AvgIpc) is 3.13. The number of esters is 1. The summed E-state index contributed by atoms with van der Waals surface area (Å²) in [6, 6.07) is 0. The molecule has 1 aromatic rings. The molecule has 0 aromatic carbocycles. The van der Waals surface area contributed by atoms with Crippen molar-refractivity contribution in [2.75, 3.05) is 12.4 Å². The Morgan fingerprint density at radius 2 is 2.19 bits per heavy atom. The van der Waals surface area contributed by atoms with Crippen LogP contribution < -0.4 is 0 Å². The van der Waals surface area contributed by atoms with Crippen LogP contribution in [0.3, 0.4) is 0 Å². The van der Waals surface area contributed by atoms with E-state index < -0.39 is 5.41 Å². The first-order chi connectivity index (χ1) is 10.1. The second-order valence-electron chi connectivity index (χ2n) is 5.63. The summed E-state index contributed by atoms with van der Waals surface area (Å²) in [6.45, 7) is 6.68. The molecular weight excluding hydrogens is 308 g/mol. The molecule has 3 atom stereocenters. The summed E-state index contributed by atoms with van der Waals surface area (Å²) in [6.07, 6.45) is 1.49. The van der Waals surface area contributed by atoms with Gasteiger partial charge in [0.05, 0.1) is 11.9 Å². The Morgan fingerprint density at radius 3 is 2.81 bits per heavy atom. The summed E-state index contributed by atoms with van der Waals surface area (Å²) in [7, 11) is 0. The van der Waals surface area contributed by atoms with Crippen molar-refractivity contribution in [2.24, 2.45) is 0 Å². The number of aromatic nitrogens is 2. The minimum atomic E-state index is -0.660. The van der Waals surface area contributed by atoms with E-state index in [0.717, 1.165) is 24.4 Å². The van der Waals surface area contributed by atoms with E-state index >= 15 is 0 Å². The molecule has 0 bridgehead atoms. The van der Waals surface area contributed by atoms with E-state index in [0.29, 0.717) is 23.0 Å². The molecule has 1 aromatic heterocycles. The lowest BCUT2D eigenvalue weighted by molar-refractivity contribution is -0.146. The monoisotopic (exact) mass is 328 g/mol. The zero-order valence-electron chi connectivity index (χ0n) is 12.5. The van der Waals surface area contributed by atoms with Crippen LogP contribution in [0.1, 0.15) is 50.6 Å². The van der Waals surface area contributed by atoms with E-state index in [9.17, 15) is 4.79 Å². The smallest absolute Gasteiger partial charge is 0.321 e. The van der Waals surface area contributed by atoms with Crippen LogP contribution in [0, 0.1) is 0 Å². The number of carbonyl (C=O) groups is 1. The molecule has 1 aliphatic heterocycles. The van der Waals surface area contributed by atoms with Crippen molar-refractivity contribution in [3.05, 3.63) is 11.7 Å². The van der Waals surface area contributed by atoms with Crippen LogP contribution in [-0.4, -0.2) is 39.0 Å². The van der Waals surface area contributed by atoms with Crippen LogP contribution in [0.15, 0.2) is 4.52 Å². The van der Waals surface area contributed by atoms with Crippen LogP contribution in [0.5, 0.6) is 0 Å². The summed E-state index contributed by atoms with van der Waals surface area (Å²) in [5, 5.41) is 5.58. The largest absolute Gasteiger partial charge is 0.465 e. The zero-order chi connectivity index (χ0) is 15.0. The molecule has 2 aliphatic rings. The van der Waals surface area contributed by atoms with Gasteiger partial charge in [-0.2, -0.15) is 16.7 Å². The fourth-order valence-electron chi connectivity index (χ4n) is 2.38. The first-order valence-corrected chi connectivity index (χ1v) is 9.34. The van der Waals surface area contributed by atoms with Crippen molar-refractivity contribution in [1.82, 2.24) is 10.1 Å². The van der Waals surface area contributed by atoms with Crippen molar-refractivity contribution in [2.45, 2.75) is 54.8 Å². The van der Waals surface area contributed by atoms with Gasteiger partial charge in [0.1, 0.15) is 5.41 Å². The highest BCUT2D eigenvalue weighted by Gasteiger charge is 2.57. The van der Waals surface area contributed by atoms with E-state index in [2.05, 4.69) is 24.0 Å². The lowest BCUT2D eigenvalue weighted by Gasteiger charge is -2.29. The van der Waals surface area contributed by atoms with Gasteiger partial charge in [0.15, 0.2) is 5.82 Å². The highest BCUT2D eigenvalue weighted by molar-refractivity contribution is 8.07. The van der Waals surface area contributed by atoms with Crippen molar-refractivity contribution in [3.8, 4) is 0 Å². The third kappa shape index (κ3) is 2.82. The number of rotatable bonds is 4. The third-order valence-electron chi connectivity index (χ3n) is 4.11. The SMILES string of the molecule is CCOC(=O)C1(c2nc(C3CSC(C)C(C)S3)no2)CC1. The highest BCUT2D eigenvalue weighted by atomic mass is 32.2. The Balaban J connectivity index is 1.74. The maximum Gasteiger partial charge on any atom is 0.321 e. The molecule has 1 saturated carbocycles. The van der Waals surface area contributed by atoms with Gasteiger partial charge in [-0.05, 0) is 19.8 Å². The minimum Gasteiger partial charge on any atom is -0.465 e. The van der Waals surface area contributed by atoms with Crippen LogP contribution >= 0.6 is 23.5 Å². The summed E-state index contributed by atoms with van der Waals surface area (Å²) in [5.74, 6) is 1.92. The van der Waals surface area contributed by atoms with Crippen LogP contribution in [0.25, 0.3) is 0 Å². The molecule has 0 radical (unpaired) electrons. The Kier molecular flexibility index (Phi) is 4.23. The number of thioether (sulfide) groups is 2. The van der Waals surface area contributed by atoms with Gasteiger partial charge in [-0.3, -0.25) is 4.79 Å². The standard InChI is InChI=1S/C14H20N2O3S2/c1-4-18-13(17)14(5-6-14)12-15-11(16-19-12)10-7-20-8(2)9(3)21-10/h8-10H,4-7H2,1-3H3. The molecule has 3 unspecified atom stereocenters. The summed E-state index contributed by atoms with van der Waals surface area (Å²) < 4.78 is 10.5. The molecule has 2 fully saturated rings. The summed E-state index contributed by atoms with van der Waals surface area (Å²) >= 11 is 3.83. The summed E-state index contributed by atoms with van der Waals surface area (Å²) in [5.41, 5.74) is -0.660. The van der Waals surface area contributed by atoms with E-state index in [1.165, 1.54) is 0 Å². The molecule has 1 saturated heterocycles. The quantitative estimate of drug-likeness (QED) is 0.787. The van der Waals surface area contributed by atoms with Gasteiger partial charge in [-0.1, -0.05) is 19.0 Å². The molecule has 7 heteroatoms. The Morgan fingerprint density at radius 1 is 1.43 bits per heavy atom. The fraction of sp³-hybridized carbons (Fsp3) is 0.786. The molecule has 1 aliphatic carbocycles. The van der Waals surface area contributed by atoms with E-state index in [1.54, 1.807) is 0 Å². The molecule has 3 rings (SSSR count). The van der Waals surface area contributed by atoms with Crippen molar-refractivity contribution >= 4 is 29.5 Å². The first-order valence-electron chi connectivity index (χ1n) is 7.35. The first kappa shape index (κ1) is 15.2. The van der Waals surface area contributed by atoms with E-state index in [4.69, 9.17) is 9.26 Å². The van der Waals surface area contributed by atoms with Crippen molar-refractivity contribution in [1.29, 1.82) is 0 Å². The van der Waals surface area contributed by atoms with Gasteiger partial charge in [0.2, 0.25) is 5.89 Å². The summed E-state index contributed by atoms with van der Waals surface area (Å²) in [4.78, 5) is 16.6. The number of carbonyl (C=O) groups excluding carboxylic acids is 1. The zero-order valence-corrected chi connectivity index (χ0v) is 14.1. The van der Waals surface area contributed by atoms with Crippen LogP contribution in [-0.2, 0) is 14.9 Å². The molecule has 116 valence electrons. The van der Waals surface area contributed by atoms with Crippen LogP contribution in [0.2, 0.25) is 0 Å². The van der Waals surface area contributed by atoms with Gasteiger partial charge in [-0.25, -0.2) is 0 Å². The number of hydrogen-bond donors (Lipinski definition) is 0. The topological polar surface area (TPSA) is 65.2 Å². The van der Waals surface area contributed by atoms with Crippen LogP contribution in [0.4, 0.5) is 0 Å². The Labute approximate surface area is 133 Å². The molecule has 21 heavy (non-hydrogen) atoms. The predicted molar refractivity (Wildman–Crippen MR) is 83.6 cm³/mol. The number of hydrogen-bond acceptors (Lipinski definition) is 7. The van der Waals surface area contributed by atoms with E-state index in [-0.39, 0.29) is 11.2 Å². The molecule has 2 heterocycles. The molecule has 5 nitrogen and oxygen atoms in total. The number of nitrogens with zero attached hydrogens (tertiary/aromatic N) is 2. The van der Waals surface area contributed by atoms with Gasteiger partial charge < -0.3 is 9.26 Å². The second kappa shape index (κ2) is 5.83. The fourth-order valence-corrected chi connectivity index (χ4v) is 5.21. The second-order valence-corrected chi connectivity index (χ2v) is 8.62. The molecule has 0 N–H and O–H groups in total. The van der Waals surface area contributed by atoms with Gasteiger partial charge in [0, 0.05) is 16.3 Å². The normalized spacial score (nSPS) is 30.9. The lowest BCUT2D eigenvalue weighted by Crippen LogP contribution is -2.24.